The van der Waals surface area contributed by atoms with Crippen molar-refractivity contribution < 1.29 is 23.1 Å². The van der Waals surface area contributed by atoms with E-state index >= 15 is 0 Å². The molecule has 6 heteroatoms. The highest BCUT2D eigenvalue weighted by molar-refractivity contribution is 5.96. The number of rotatable bonds is 2. The van der Waals surface area contributed by atoms with Gasteiger partial charge in [0.2, 0.25) is 0 Å². The van der Waals surface area contributed by atoms with E-state index in [2.05, 4.69) is 0 Å². The number of halogens is 3. The Labute approximate surface area is 115 Å². The van der Waals surface area contributed by atoms with Gasteiger partial charge in [-0.15, -0.1) is 0 Å². The molecular weight excluding hydrogens is 271 g/mol. The molecule has 1 fully saturated rings. The molecular formula is C14H16F3NO2. The molecule has 1 saturated heterocycles. The first kappa shape index (κ1) is 14.8. The van der Waals surface area contributed by atoms with E-state index in [0.717, 1.165) is 6.07 Å². The maximum Gasteiger partial charge on any atom is 0.417 e. The molecule has 0 aromatic heterocycles. The molecule has 1 aliphatic rings. The van der Waals surface area contributed by atoms with Crippen LogP contribution in [0.4, 0.5) is 13.2 Å². The number of aliphatic hydroxyl groups is 1. The molecule has 1 aliphatic heterocycles. The molecule has 3 nitrogen and oxygen atoms in total. The van der Waals surface area contributed by atoms with Gasteiger partial charge in [0.05, 0.1) is 11.1 Å². The van der Waals surface area contributed by atoms with Crippen LogP contribution in [0.15, 0.2) is 24.3 Å². The third kappa shape index (κ3) is 3.12. The summed E-state index contributed by atoms with van der Waals surface area (Å²) in [5, 5.41) is 9.03. The Morgan fingerprint density at radius 1 is 1.25 bits per heavy atom. The van der Waals surface area contributed by atoms with Gasteiger partial charge in [-0.05, 0) is 30.9 Å². The minimum Gasteiger partial charge on any atom is -0.396 e. The number of carbonyl (C=O) groups is 1. The Morgan fingerprint density at radius 3 is 2.40 bits per heavy atom. The second-order valence-electron chi connectivity index (χ2n) is 4.96. The maximum absolute atomic E-state index is 12.9. The van der Waals surface area contributed by atoms with Gasteiger partial charge in [0.15, 0.2) is 0 Å². The van der Waals surface area contributed by atoms with Gasteiger partial charge in [0.1, 0.15) is 0 Å². The number of likely N-dealkylation sites (tertiary alicyclic amines) is 1. The Morgan fingerprint density at radius 2 is 1.85 bits per heavy atom. The Bertz CT molecular complexity index is 480. The van der Waals surface area contributed by atoms with Gasteiger partial charge in [0, 0.05) is 19.7 Å². The molecule has 0 unspecified atom stereocenters. The summed E-state index contributed by atoms with van der Waals surface area (Å²) in [5.41, 5.74) is -1.20. The van der Waals surface area contributed by atoms with Gasteiger partial charge in [-0.1, -0.05) is 12.1 Å². The number of carbonyl (C=O) groups excluding carboxylic acids is 1. The lowest BCUT2D eigenvalue weighted by molar-refractivity contribution is -0.138. The molecule has 20 heavy (non-hydrogen) atoms. The topological polar surface area (TPSA) is 40.5 Å². The van der Waals surface area contributed by atoms with Gasteiger partial charge < -0.3 is 10.0 Å². The molecule has 110 valence electrons. The van der Waals surface area contributed by atoms with Crippen LogP contribution in [0.3, 0.4) is 0 Å². The zero-order valence-corrected chi connectivity index (χ0v) is 10.9. The monoisotopic (exact) mass is 287 g/mol. The quantitative estimate of drug-likeness (QED) is 0.908. The number of aliphatic hydroxyl groups excluding tert-OH is 1. The van der Waals surface area contributed by atoms with Crippen LogP contribution in [0, 0.1) is 5.92 Å². The van der Waals surface area contributed by atoms with E-state index in [1.807, 2.05) is 0 Å². The van der Waals surface area contributed by atoms with Crippen molar-refractivity contribution in [2.24, 2.45) is 5.92 Å². The third-order valence-corrected chi connectivity index (χ3v) is 3.62. The van der Waals surface area contributed by atoms with Crippen molar-refractivity contribution in [1.82, 2.24) is 4.90 Å². The lowest BCUT2D eigenvalue weighted by atomic mass is 9.96. The van der Waals surface area contributed by atoms with E-state index in [1.165, 1.54) is 23.1 Å². The van der Waals surface area contributed by atoms with Crippen molar-refractivity contribution >= 4 is 5.91 Å². The van der Waals surface area contributed by atoms with Crippen molar-refractivity contribution in [1.29, 1.82) is 0 Å². The molecule has 2 rings (SSSR count). The van der Waals surface area contributed by atoms with Crippen LogP contribution in [0.25, 0.3) is 0 Å². The average Bonchev–Trinajstić information content (AvgIpc) is 2.46. The fourth-order valence-electron chi connectivity index (χ4n) is 2.41. The van der Waals surface area contributed by atoms with Crippen molar-refractivity contribution in [3.63, 3.8) is 0 Å². The summed E-state index contributed by atoms with van der Waals surface area (Å²) in [6.07, 6.45) is -3.29. The minimum absolute atomic E-state index is 0.0567. The number of amides is 1. The fraction of sp³-hybridized carbons (Fsp3) is 0.500. The highest BCUT2D eigenvalue weighted by atomic mass is 19.4. The smallest absolute Gasteiger partial charge is 0.396 e. The Kier molecular flexibility index (Phi) is 4.32. The number of piperidine rings is 1. The normalized spacial score (nSPS) is 17.3. The molecule has 1 N–H and O–H groups in total. The van der Waals surface area contributed by atoms with Crippen LogP contribution in [-0.4, -0.2) is 35.6 Å². The molecule has 1 aromatic carbocycles. The predicted molar refractivity (Wildman–Crippen MR) is 67.2 cm³/mol. The van der Waals surface area contributed by atoms with Crippen LogP contribution in [0.1, 0.15) is 28.8 Å². The third-order valence-electron chi connectivity index (χ3n) is 3.62. The van der Waals surface area contributed by atoms with Gasteiger partial charge in [-0.3, -0.25) is 4.79 Å². The maximum atomic E-state index is 12.9. The summed E-state index contributed by atoms with van der Waals surface area (Å²) in [4.78, 5) is 13.7. The van der Waals surface area contributed by atoms with Crippen LogP contribution in [-0.2, 0) is 6.18 Å². The first-order chi connectivity index (χ1) is 9.43. The molecule has 1 heterocycles. The Hall–Kier alpha value is -1.56. The largest absolute Gasteiger partial charge is 0.417 e. The summed E-state index contributed by atoms with van der Waals surface area (Å²) >= 11 is 0. The number of alkyl halides is 3. The molecule has 0 saturated carbocycles. The van der Waals surface area contributed by atoms with Gasteiger partial charge >= 0.3 is 6.18 Å². The standard InChI is InChI=1S/C14H16F3NO2/c15-14(16,17)12-4-2-1-3-11(12)13(20)18-7-5-10(9-19)6-8-18/h1-4,10,19H,5-9H2. The lowest BCUT2D eigenvalue weighted by Crippen LogP contribution is -2.39. The predicted octanol–water partition coefficient (Wildman–Crippen LogP) is 2.55. The van der Waals surface area contributed by atoms with Crippen LogP contribution in [0.5, 0.6) is 0 Å². The van der Waals surface area contributed by atoms with E-state index in [1.54, 1.807) is 0 Å². The first-order valence-corrected chi connectivity index (χ1v) is 6.50. The summed E-state index contributed by atoms with van der Waals surface area (Å²) in [6.45, 7) is 0.827. The van der Waals surface area contributed by atoms with Gasteiger partial charge in [-0.2, -0.15) is 13.2 Å². The number of hydrogen-bond donors (Lipinski definition) is 1. The fourth-order valence-corrected chi connectivity index (χ4v) is 2.41. The second kappa shape index (κ2) is 5.83. The highest BCUT2D eigenvalue weighted by Gasteiger charge is 2.36. The molecule has 0 radical (unpaired) electrons. The van der Waals surface area contributed by atoms with Crippen LogP contribution >= 0.6 is 0 Å². The molecule has 1 aromatic rings. The van der Waals surface area contributed by atoms with Crippen LogP contribution < -0.4 is 0 Å². The van der Waals surface area contributed by atoms with Crippen molar-refractivity contribution in [2.75, 3.05) is 19.7 Å². The van der Waals surface area contributed by atoms with Gasteiger partial charge in [0.25, 0.3) is 5.91 Å². The van der Waals surface area contributed by atoms with Crippen molar-refractivity contribution in [3.8, 4) is 0 Å². The van der Waals surface area contributed by atoms with Crippen molar-refractivity contribution in [2.45, 2.75) is 19.0 Å². The summed E-state index contributed by atoms with van der Waals surface area (Å²) < 4.78 is 38.7. The molecule has 1 amide bonds. The zero-order valence-electron chi connectivity index (χ0n) is 10.9. The lowest BCUT2D eigenvalue weighted by Gasteiger charge is -2.31. The van der Waals surface area contributed by atoms with E-state index < -0.39 is 17.6 Å². The highest BCUT2D eigenvalue weighted by Crippen LogP contribution is 2.32. The Balaban J connectivity index is 2.18. The van der Waals surface area contributed by atoms with E-state index in [0.29, 0.717) is 25.9 Å². The molecule has 0 aliphatic carbocycles. The van der Waals surface area contributed by atoms with Crippen molar-refractivity contribution in [3.05, 3.63) is 35.4 Å². The minimum atomic E-state index is -4.53. The van der Waals surface area contributed by atoms with E-state index in [-0.39, 0.29) is 18.1 Å². The average molecular weight is 287 g/mol. The molecule has 0 bridgehead atoms. The summed E-state index contributed by atoms with van der Waals surface area (Å²) in [5.74, 6) is -0.453. The summed E-state index contributed by atoms with van der Waals surface area (Å²) in [6, 6.07) is 4.84. The zero-order chi connectivity index (χ0) is 14.8. The van der Waals surface area contributed by atoms with Crippen LogP contribution in [0.2, 0.25) is 0 Å². The molecule has 0 atom stereocenters. The van der Waals surface area contributed by atoms with E-state index in [9.17, 15) is 18.0 Å². The second-order valence-corrected chi connectivity index (χ2v) is 4.96. The van der Waals surface area contributed by atoms with Gasteiger partial charge in [-0.25, -0.2) is 0 Å². The van der Waals surface area contributed by atoms with E-state index in [4.69, 9.17) is 5.11 Å². The number of hydrogen-bond acceptors (Lipinski definition) is 2. The number of benzene rings is 1. The summed E-state index contributed by atoms with van der Waals surface area (Å²) in [7, 11) is 0. The first-order valence-electron chi connectivity index (χ1n) is 6.50. The SMILES string of the molecule is O=C(c1ccccc1C(F)(F)F)N1CCC(CO)CC1. The molecule has 0 spiro atoms. The number of nitrogens with zero attached hydrogens (tertiary/aromatic N) is 1.